The van der Waals surface area contributed by atoms with Crippen LogP contribution in [0.2, 0.25) is 0 Å². The average Bonchev–Trinajstić information content (AvgIpc) is 2.58. The van der Waals surface area contributed by atoms with E-state index in [4.69, 9.17) is 0 Å². The van der Waals surface area contributed by atoms with E-state index < -0.39 is 0 Å². The van der Waals surface area contributed by atoms with E-state index in [0.717, 1.165) is 4.47 Å². The smallest absolute Gasteiger partial charge is 0.262 e. The molecule has 0 aliphatic rings. The van der Waals surface area contributed by atoms with E-state index in [9.17, 15) is 9.59 Å². The Hall–Kier alpha value is -0.880. The van der Waals surface area contributed by atoms with Crippen LogP contribution in [0.1, 0.15) is 30.4 Å². The van der Waals surface area contributed by atoms with Crippen LogP contribution in [0.15, 0.2) is 15.9 Å². The number of carbonyl (C=O) groups is 2. The van der Waals surface area contributed by atoms with Gasteiger partial charge in [0.1, 0.15) is 4.88 Å². The Labute approximate surface area is 113 Å². The number of thiophene rings is 1. The third-order valence-corrected chi connectivity index (χ3v) is 3.58. The summed E-state index contributed by atoms with van der Waals surface area (Å²) >= 11 is 4.60. The van der Waals surface area contributed by atoms with E-state index in [1.54, 1.807) is 6.07 Å². The molecule has 0 atom stereocenters. The van der Waals surface area contributed by atoms with Crippen LogP contribution in [0.4, 0.5) is 0 Å². The molecule has 0 bridgehead atoms. The molecular formula is C11H15BrN2O2S. The Bertz CT molecular complexity index is 423. The van der Waals surface area contributed by atoms with Gasteiger partial charge in [0, 0.05) is 10.0 Å². The van der Waals surface area contributed by atoms with E-state index in [2.05, 4.69) is 26.6 Å². The normalized spacial score (nSPS) is 11.1. The molecule has 1 aromatic rings. The highest BCUT2D eigenvalue weighted by Gasteiger charge is 2.16. The van der Waals surface area contributed by atoms with E-state index >= 15 is 0 Å². The first-order chi connectivity index (χ1) is 7.79. The molecule has 0 aromatic carbocycles. The molecule has 1 rings (SSSR count). The number of nitrogens with one attached hydrogen (secondary N) is 2. The van der Waals surface area contributed by atoms with E-state index in [0.29, 0.717) is 4.88 Å². The molecule has 6 heteroatoms. The Kier molecular flexibility index (Phi) is 4.70. The second-order valence-corrected chi connectivity index (χ2v) is 6.35. The van der Waals surface area contributed by atoms with Gasteiger partial charge in [-0.1, -0.05) is 0 Å². The summed E-state index contributed by atoms with van der Waals surface area (Å²) in [4.78, 5) is 23.7. The number of hydrogen-bond acceptors (Lipinski definition) is 3. The molecule has 0 radical (unpaired) electrons. The lowest BCUT2D eigenvalue weighted by atomic mass is 10.1. The van der Waals surface area contributed by atoms with Gasteiger partial charge < -0.3 is 10.6 Å². The summed E-state index contributed by atoms with van der Waals surface area (Å²) in [5, 5.41) is 7.16. The van der Waals surface area contributed by atoms with Gasteiger partial charge in [0.05, 0.1) is 6.54 Å². The molecule has 0 unspecified atom stereocenters. The SMILES string of the molecule is CC(C)(C)NC(=O)CNC(=O)c1sccc1Br. The van der Waals surface area contributed by atoms with E-state index in [-0.39, 0.29) is 23.9 Å². The molecule has 1 heterocycles. The Morgan fingerprint density at radius 3 is 2.53 bits per heavy atom. The third kappa shape index (κ3) is 4.87. The summed E-state index contributed by atoms with van der Waals surface area (Å²) < 4.78 is 0.747. The molecule has 4 nitrogen and oxygen atoms in total. The van der Waals surface area contributed by atoms with Crippen LogP contribution in [-0.2, 0) is 4.79 Å². The zero-order valence-electron chi connectivity index (χ0n) is 9.96. The highest BCUT2D eigenvalue weighted by molar-refractivity contribution is 9.10. The molecule has 17 heavy (non-hydrogen) atoms. The maximum atomic E-state index is 11.7. The summed E-state index contributed by atoms with van der Waals surface area (Å²) in [5.74, 6) is -0.436. The van der Waals surface area contributed by atoms with Crippen molar-refractivity contribution in [3.8, 4) is 0 Å². The van der Waals surface area contributed by atoms with Gasteiger partial charge in [-0.2, -0.15) is 0 Å². The van der Waals surface area contributed by atoms with Crippen molar-refractivity contribution in [2.24, 2.45) is 0 Å². The summed E-state index contributed by atoms with van der Waals surface area (Å²) in [6.07, 6.45) is 0. The Morgan fingerprint density at radius 2 is 2.06 bits per heavy atom. The summed E-state index contributed by atoms with van der Waals surface area (Å²) in [7, 11) is 0. The lowest BCUT2D eigenvalue weighted by molar-refractivity contribution is -0.121. The molecule has 94 valence electrons. The fourth-order valence-electron chi connectivity index (χ4n) is 1.16. The molecular weight excluding hydrogens is 304 g/mol. The number of halogens is 1. The third-order valence-electron chi connectivity index (χ3n) is 1.75. The fourth-order valence-corrected chi connectivity index (χ4v) is 2.63. The molecule has 2 N–H and O–H groups in total. The number of hydrogen-bond donors (Lipinski definition) is 2. The number of amides is 2. The van der Waals surface area contributed by atoms with E-state index in [1.165, 1.54) is 11.3 Å². The Morgan fingerprint density at radius 1 is 1.41 bits per heavy atom. The molecule has 1 aromatic heterocycles. The second-order valence-electron chi connectivity index (χ2n) is 4.58. The van der Waals surface area contributed by atoms with Gasteiger partial charge in [-0.15, -0.1) is 11.3 Å². The predicted molar refractivity (Wildman–Crippen MR) is 72.2 cm³/mol. The predicted octanol–water partition coefficient (Wildman–Crippen LogP) is 2.16. The van der Waals surface area contributed by atoms with Crippen LogP contribution in [0.5, 0.6) is 0 Å². The second kappa shape index (κ2) is 5.64. The molecule has 0 spiro atoms. The van der Waals surface area contributed by atoms with Crippen molar-refractivity contribution in [3.63, 3.8) is 0 Å². The first kappa shape index (κ1) is 14.2. The molecule has 0 aliphatic carbocycles. The standard InChI is InChI=1S/C11H15BrN2O2S/c1-11(2,3)14-8(15)6-13-10(16)9-7(12)4-5-17-9/h4-5H,6H2,1-3H3,(H,13,16)(H,14,15). The van der Waals surface area contributed by atoms with E-state index in [1.807, 2.05) is 26.2 Å². The minimum Gasteiger partial charge on any atom is -0.350 e. The fraction of sp³-hybridized carbons (Fsp3) is 0.455. The van der Waals surface area contributed by atoms with Gasteiger partial charge >= 0.3 is 0 Å². The zero-order chi connectivity index (χ0) is 13.1. The van der Waals surface area contributed by atoms with Crippen LogP contribution in [-0.4, -0.2) is 23.9 Å². The minimum absolute atomic E-state index is 0.0134. The van der Waals surface area contributed by atoms with Gasteiger partial charge in [0.15, 0.2) is 0 Å². The van der Waals surface area contributed by atoms with Crippen molar-refractivity contribution in [1.29, 1.82) is 0 Å². The van der Waals surface area contributed by atoms with Gasteiger partial charge in [-0.25, -0.2) is 0 Å². The van der Waals surface area contributed by atoms with Crippen molar-refractivity contribution in [3.05, 3.63) is 20.8 Å². The van der Waals surface area contributed by atoms with Crippen LogP contribution in [0.3, 0.4) is 0 Å². The van der Waals surface area contributed by atoms with Gasteiger partial charge in [-0.05, 0) is 48.1 Å². The minimum atomic E-state index is -0.286. The molecule has 0 saturated heterocycles. The van der Waals surface area contributed by atoms with Crippen molar-refractivity contribution in [2.75, 3.05) is 6.54 Å². The van der Waals surface area contributed by atoms with Crippen LogP contribution < -0.4 is 10.6 Å². The zero-order valence-corrected chi connectivity index (χ0v) is 12.4. The van der Waals surface area contributed by atoms with Crippen molar-refractivity contribution < 1.29 is 9.59 Å². The maximum absolute atomic E-state index is 11.7. The highest BCUT2D eigenvalue weighted by Crippen LogP contribution is 2.22. The van der Waals surface area contributed by atoms with Crippen LogP contribution >= 0.6 is 27.3 Å². The highest BCUT2D eigenvalue weighted by atomic mass is 79.9. The Balaban J connectivity index is 2.45. The first-order valence-corrected chi connectivity index (χ1v) is 6.79. The summed E-state index contributed by atoms with van der Waals surface area (Å²) in [6, 6.07) is 1.80. The summed E-state index contributed by atoms with van der Waals surface area (Å²) in [5.41, 5.74) is -0.286. The number of rotatable bonds is 3. The van der Waals surface area contributed by atoms with Crippen molar-refractivity contribution >= 4 is 39.1 Å². The average molecular weight is 319 g/mol. The monoisotopic (exact) mass is 318 g/mol. The van der Waals surface area contributed by atoms with Gasteiger partial charge in [0.2, 0.25) is 5.91 Å². The van der Waals surface area contributed by atoms with Crippen LogP contribution in [0.25, 0.3) is 0 Å². The first-order valence-electron chi connectivity index (χ1n) is 5.12. The summed E-state index contributed by atoms with van der Waals surface area (Å²) in [6.45, 7) is 5.66. The topological polar surface area (TPSA) is 58.2 Å². The lowest BCUT2D eigenvalue weighted by Gasteiger charge is -2.20. The van der Waals surface area contributed by atoms with Gasteiger partial charge in [0.25, 0.3) is 5.91 Å². The maximum Gasteiger partial charge on any atom is 0.262 e. The van der Waals surface area contributed by atoms with Crippen LogP contribution in [0, 0.1) is 0 Å². The van der Waals surface area contributed by atoms with Crippen molar-refractivity contribution in [2.45, 2.75) is 26.3 Å². The molecule has 0 saturated carbocycles. The van der Waals surface area contributed by atoms with Gasteiger partial charge in [-0.3, -0.25) is 9.59 Å². The molecule has 0 fully saturated rings. The lowest BCUT2D eigenvalue weighted by Crippen LogP contribution is -2.45. The molecule has 2 amide bonds. The molecule has 0 aliphatic heterocycles. The van der Waals surface area contributed by atoms with Crippen molar-refractivity contribution in [1.82, 2.24) is 10.6 Å². The quantitative estimate of drug-likeness (QED) is 0.897. The number of carbonyl (C=O) groups excluding carboxylic acids is 2. The largest absolute Gasteiger partial charge is 0.350 e.